The number of esters is 2. The minimum absolute atomic E-state index is 0.0278. The third-order valence-electron chi connectivity index (χ3n) is 12.3. The van der Waals surface area contributed by atoms with Gasteiger partial charge in [0.15, 0.2) is 0 Å². The summed E-state index contributed by atoms with van der Waals surface area (Å²) in [7, 11) is -7.92. The summed E-state index contributed by atoms with van der Waals surface area (Å²) in [5.74, 6) is -6.11. The number of carboxylic acid groups (broad SMARTS) is 1. The number of carbonyl (C=O) groups is 5. The van der Waals surface area contributed by atoms with Crippen molar-refractivity contribution in [2.24, 2.45) is 11.8 Å². The third kappa shape index (κ3) is 17.9. The van der Waals surface area contributed by atoms with Crippen molar-refractivity contribution in [2.45, 2.75) is 71.1 Å². The zero-order chi connectivity index (χ0) is 59.4. The first-order valence-electron chi connectivity index (χ1n) is 24.7. The highest BCUT2D eigenvalue weighted by molar-refractivity contribution is 7.89. The highest BCUT2D eigenvalue weighted by atomic mass is 35.5. The smallest absolute Gasteiger partial charge is 0.340 e. The number of carbonyl (C=O) groups excluding carboxylic acids is 4. The Morgan fingerprint density at radius 1 is 0.667 bits per heavy atom. The van der Waals surface area contributed by atoms with Crippen LogP contribution in [0.4, 0.5) is 29.2 Å². The molecule has 0 spiro atoms. The number of anilines is 2. The van der Waals surface area contributed by atoms with E-state index in [9.17, 15) is 68.9 Å². The maximum Gasteiger partial charge on any atom is 0.340 e. The first-order valence-corrected chi connectivity index (χ1v) is 28.4. The fourth-order valence-corrected chi connectivity index (χ4v) is 11.0. The first-order chi connectivity index (χ1) is 38.6. The third-order valence-corrected chi connectivity index (χ3v) is 15.1. The SMILES string of the molecule is CCOC(=O)c1cc(C#N)c(N2CCC(C(=O)NS(=O)(=O)Cc3ccc(F)cc3)CC2)nc1CF.CCOC(=O)c1cc(C#N)c(N2CCC(C(=O)NS(=O)(=O)Cc3ccccc3Cl)CC2)nc1CF.O=C(O)c1cccnc1CF. The number of amides is 2. The van der Waals surface area contributed by atoms with E-state index >= 15 is 0 Å². The van der Waals surface area contributed by atoms with Gasteiger partial charge in [-0.25, -0.2) is 58.7 Å². The second kappa shape index (κ2) is 29.8. The normalized spacial score (nSPS) is 13.6. The van der Waals surface area contributed by atoms with Gasteiger partial charge in [-0.2, -0.15) is 10.5 Å². The molecule has 2 saturated heterocycles. The van der Waals surface area contributed by atoms with Gasteiger partial charge in [0.05, 0.1) is 69.6 Å². The van der Waals surface area contributed by atoms with Crippen LogP contribution in [0.25, 0.3) is 0 Å². The summed E-state index contributed by atoms with van der Waals surface area (Å²) in [6, 6.07) is 20.6. The molecule has 0 aliphatic carbocycles. The summed E-state index contributed by atoms with van der Waals surface area (Å²) < 4.78 is 116. The minimum atomic E-state index is -3.98. The molecule has 0 atom stereocenters. The molecule has 430 valence electrons. The lowest BCUT2D eigenvalue weighted by molar-refractivity contribution is -0.124. The average Bonchev–Trinajstić information content (AvgIpc) is 3.50. The molecular formula is C53H54ClF4N9O12S2. The fraction of sp³-hybridized carbons (Fsp3) is 0.358. The van der Waals surface area contributed by atoms with Gasteiger partial charge in [-0.3, -0.25) is 24.0 Å². The standard InChI is InChI=1S/C23H24ClFN4O5S.C23H24F2N4O5S.C7H6FNO2/c1-2-34-23(31)18-11-17(13-26)21(27-20(18)12-25)29-9-7-15(8-10-29)22(30)28-35(32,33)14-16-5-3-4-6-19(16)24;1-2-34-23(31)19-11-17(13-26)21(27-20(19)12-24)29-9-7-16(8-10-29)22(30)28-35(32,33)14-15-3-5-18(25)6-4-15;8-4-6-5(7(10)11)2-1-3-9-6/h3-6,11,15H,2,7-10,12,14H2,1H3,(H,28,30);3-6,11,16H,2,7-10,12,14H2,1H3,(H,28,30);1-3H,4H2,(H,10,11). The molecule has 2 aliphatic heterocycles. The summed E-state index contributed by atoms with van der Waals surface area (Å²) in [6.45, 7) is 1.61. The lowest BCUT2D eigenvalue weighted by Gasteiger charge is -2.32. The Labute approximate surface area is 469 Å². The lowest BCUT2D eigenvalue weighted by Crippen LogP contribution is -2.43. The van der Waals surface area contributed by atoms with Crippen LogP contribution in [0.1, 0.15) is 110 Å². The van der Waals surface area contributed by atoms with Gasteiger partial charge >= 0.3 is 17.9 Å². The number of aromatic carboxylic acids is 1. The first kappa shape index (κ1) is 63.6. The molecule has 7 rings (SSSR count). The molecule has 0 radical (unpaired) electrons. The number of pyridine rings is 3. The second-order valence-electron chi connectivity index (χ2n) is 17.8. The number of ether oxygens (including phenoxy) is 2. The van der Waals surface area contributed by atoms with E-state index in [-0.39, 0.29) is 109 Å². The highest BCUT2D eigenvalue weighted by Gasteiger charge is 2.32. The minimum Gasteiger partial charge on any atom is -0.478 e. The van der Waals surface area contributed by atoms with E-state index in [2.05, 4.69) is 24.4 Å². The Bertz CT molecular complexity index is 3410. The number of nitrogens with one attached hydrogen (secondary N) is 2. The zero-order valence-electron chi connectivity index (χ0n) is 43.5. The van der Waals surface area contributed by atoms with E-state index < -0.39 is 99.0 Å². The molecule has 2 aliphatic rings. The number of piperidine rings is 2. The van der Waals surface area contributed by atoms with Crippen molar-refractivity contribution >= 4 is 73.0 Å². The molecule has 81 heavy (non-hydrogen) atoms. The van der Waals surface area contributed by atoms with Crippen LogP contribution in [0.5, 0.6) is 0 Å². The lowest BCUT2D eigenvalue weighted by atomic mass is 9.96. The topological polar surface area (TPSA) is 309 Å². The summed E-state index contributed by atoms with van der Waals surface area (Å²) in [6.07, 6.45) is 2.50. The van der Waals surface area contributed by atoms with Crippen molar-refractivity contribution in [1.82, 2.24) is 24.4 Å². The van der Waals surface area contributed by atoms with Crippen molar-refractivity contribution < 1.29 is 73.0 Å². The predicted octanol–water partition coefficient (Wildman–Crippen LogP) is 6.97. The predicted molar refractivity (Wildman–Crippen MR) is 285 cm³/mol. The van der Waals surface area contributed by atoms with E-state index in [4.69, 9.17) is 26.2 Å². The number of nitrogens with zero attached hydrogens (tertiary/aromatic N) is 7. The number of halogens is 5. The van der Waals surface area contributed by atoms with Gasteiger partial charge in [0, 0.05) is 49.2 Å². The van der Waals surface area contributed by atoms with Crippen molar-refractivity contribution in [3.05, 3.63) is 146 Å². The van der Waals surface area contributed by atoms with Gasteiger partial charge in [0.1, 0.15) is 49.6 Å². The molecule has 3 aromatic heterocycles. The monoisotopic (exact) mass is 1180 g/mol. The Morgan fingerprint density at radius 2 is 1.11 bits per heavy atom. The molecule has 5 aromatic rings. The molecule has 0 unspecified atom stereocenters. The number of carboxylic acids is 1. The molecule has 2 amide bonds. The maximum atomic E-state index is 13.6. The van der Waals surface area contributed by atoms with Crippen LogP contribution >= 0.6 is 11.6 Å². The average molecular weight is 1180 g/mol. The van der Waals surface area contributed by atoms with Crippen LogP contribution in [0.15, 0.2) is 79.0 Å². The molecule has 5 heterocycles. The zero-order valence-corrected chi connectivity index (χ0v) is 45.9. The second-order valence-corrected chi connectivity index (χ2v) is 21.6. The number of rotatable bonds is 18. The maximum absolute atomic E-state index is 13.6. The molecule has 21 nitrogen and oxygen atoms in total. The van der Waals surface area contributed by atoms with Crippen molar-refractivity contribution in [3.8, 4) is 12.1 Å². The van der Waals surface area contributed by atoms with Crippen LogP contribution in [0, 0.1) is 40.3 Å². The van der Waals surface area contributed by atoms with Gasteiger partial charge in [0.2, 0.25) is 31.9 Å². The van der Waals surface area contributed by atoms with E-state index in [1.807, 2.05) is 12.1 Å². The fourth-order valence-electron chi connectivity index (χ4n) is 8.31. The number of alkyl halides is 3. The van der Waals surface area contributed by atoms with Crippen molar-refractivity contribution in [1.29, 1.82) is 10.5 Å². The van der Waals surface area contributed by atoms with E-state index in [1.54, 1.807) is 47.9 Å². The van der Waals surface area contributed by atoms with Crippen LogP contribution in [0.3, 0.4) is 0 Å². The molecule has 3 N–H and O–H groups in total. The van der Waals surface area contributed by atoms with Crippen LogP contribution < -0.4 is 19.2 Å². The Hall–Kier alpha value is -8.27. The van der Waals surface area contributed by atoms with Gasteiger partial charge in [-0.05, 0) is 93.1 Å². The van der Waals surface area contributed by atoms with Crippen molar-refractivity contribution in [2.75, 3.05) is 49.2 Å². The number of hydrogen-bond acceptors (Lipinski definition) is 18. The molecule has 2 fully saturated rings. The van der Waals surface area contributed by atoms with Crippen LogP contribution in [-0.4, -0.2) is 106 Å². The largest absolute Gasteiger partial charge is 0.478 e. The molecular weight excluding hydrogens is 1130 g/mol. The van der Waals surface area contributed by atoms with Gasteiger partial charge in [0.25, 0.3) is 0 Å². The number of nitriles is 2. The molecule has 0 bridgehead atoms. The Kier molecular flexibility index (Phi) is 23.4. The van der Waals surface area contributed by atoms with E-state index in [1.165, 1.54) is 42.6 Å². The number of sulfonamides is 2. The highest BCUT2D eigenvalue weighted by Crippen LogP contribution is 2.30. The number of aromatic nitrogens is 3. The summed E-state index contributed by atoms with van der Waals surface area (Å²) in [5, 5.41) is 27.9. The molecule has 28 heteroatoms. The number of hydrogen-bond donors (Lipinski definition) is 3. The van der Waals surface area contributed by atoms with Gasteiger partial charge in [-0.1, -0.05) is 41.9 Å². The van der Waals surface area contributed by atoms with Crippen molar-refractivity contribution in [3.63, 3.8) is 0 Å². The van der Waals surface area contributed by atoms with Gasteiger partial charge in [-0.15, -0.1) is 0 Å². The van der Waals surface area contributed by atoms with E-state index in [0.29, 0.717) is 29.0 Å². The van der Waals surface area contributed by atoms with Gasteiger partial charge < -0.3 is 24.4 Å². The van der Waals surface area contributed by atoms with Crippen LogP contribution in [0.2, 0.25) is 5.02 Å². The quantitative estimate of drug-likeness (QED) is 0.0589. The van der Waals surface area contributed by atoms with Crippen LogP contribution in [-0.2, 0) is 70.6 Å². The summed E-state index contributed by atoms with van der Waals surface area (Å²) in [5.41, 5.74) is 0.261. The van der Waals surface area contributed by atoms with E-state index in [0.717, 1.165) is 12.1 Å². The molecule has 0 saturated carbocycles. The molecule has 2 aromatic carbocycles. The Morgan fingerprint density at radius 3 is 1.51 bits per heavy atom. The Balaban J connectivity index is 0.000000250. The summed E-state index contributed by atoms with van der Waals surface area (Å²) in [4.78, 5) is 75.1. The number of benzene rings is 2. The summed E-state index contributed by atoms with van der Waals surface area (Å²) >= 11 is 6.02.